The fourth-order valence-electron chi connectivity index (χ4n) is 1.45. The number of nitrogens with zero attached hydrogens (tertiary/aromatic N) is 2. The van der Waals surface area contributed by atoms with Crippen LogP contribution in [0.4, 0.5) is 11.5 Å². The Bertz CT molecular complexity index is 478. The van der Waals surface area contributed by atoms with Crippen LogP contribution in [-0.4, -0.2) is 40.7 Å². The van der Waals surface area contributed by atoms with Gasteiger partial charge in [-0.3, -0.25) is 10.1 Å². The molecule has 0 atom stereocenters. The van der Waals surface area contributed by atoms with E-state index in [-0.39, 0.29) is 17.1 Å². The van der Waals surface area contributed by atoms with E-state index in [4.69, 9.17) is 9.84 Å². The van der Waals surface area contributed by atoms with Crippen LogP contribution in [0.5, 0.6) is 0 Å². The van der Waals surface area contributed by atoms with Gasteiger partial charge in [0.05, 0.1) is 11.5 Å². The lowest BCUT2D eigenvalue weighted by molar-refractivity contribution is -0.385. The second-order valence-corrected chi connectivity index (χ2v) is 4.04. The average Bonchev–Trinajstić information content (AvgIpc) is 2.42. The number of rotatable bonds is 9. The summed E-state index contributed by atoms with van der Waals surface area (Å²) >= 11 is 0. The van der Waals surface area contributed by atoms with Crippen LogP contribution in [0, 0.1) is 10.1 Å². The van der Waals surface area contributed by atoms with Crippen LogP contribution < -0.4 is 5.32 Å². The first-order valence-corrected chi connectivity index (χ1v) is 6.25. The van der Waals surface area contributed by atoms with Crippen molar-refractivity contribution in [3.05, 3.63) is 27.9 Å². The molecule has 20 heavy (non-hydrogen) atoms. The van der Waals surface area contributed by atoms with Crippen molar-refractivity contribution in [1.82, 2.24) is 4.98 Å². The van der Waals surface area contributed by atoms with E-state index in [9.17, 15) is 14.9 Å². The van der Waals surface area contributed by atoms with Gasteiger partial charge in [0.1, 0.15) is 17.6 Å². The normalized spacial score (nSPS) is 10.2. The maximum Gasteiger partial charge on any atom is 0.339 e. The molecule has 8 nitrogen and oxygen atoms in total. The van der Waals surface area contributed by atoms with Gasteiger partial charge in [-0.1, -0.05) is 13.3 Å². The second-order valence-electron chi connectivity index (χ2n) is 4.04. The molecule has 0 amide bonds. The van der Waals surface area contributed by atoms with Crippen LogP contribution in [-0.2, 0) is 4.74 Å². The van der Waals surface area contributed by atoms with Crippen molar-refractivity contribution in [3.63, 3.8) is 0 Å². The third kappa shape index (κ3) is 4.81. The SMILES string of the molecule is CCCCOCCNc1ncc([N+](=O)[O-])cc1C(=O)O. The van der Waals surface area contributed by atoms with Gasteiger partial charge in [-0.15, -0.1) is 0 Å². The van der Waals surface area contributed by atoms with E-state index in [0.29, 0.717) is 19.8 Å². The Labute approximate surface area is 115 Å². The Morgan fingerprint density at radius 3 is 2.90 bits per heavy atom. The van der Waals surface area contributed by atoms with Crippen LogP contribution in [0.2, 0.25) is 0 Å². The first kappa shape index (κ1) is 15.8. The van der Waals surface area contributed by atoms with Gasteiger partial charge >= 0.3 is 5.97 Å². The van der Waals surface area contributed by atoms with Crippen LogP contribution in [0.3, 0.4) is 0 Å². The monoisotopic (exact) mass is 283 g/mol. The van der Waals surface area contributed by atoms with E-state index in [0.717, 1.165) is 25.1 Å². The number of pyridine rings is 1. The highest BCUT2D eigenvalue weighted by Crippen LogP contribution is 2.18. The minimum Gasteiger partial charge on any atom is -0.478 e. The van der Waals surface area contributed by atoms with E-state index < -0.39 is 10.9 Å². The molecule has 0 aromatic carbocycles. The Balaban J connectivity index is 2.60. The standard InChI is InChI=1S/C12H17N3O5/c1-2-3-5-20-6-4-13-11-10(12(16)17)7-9(8-14-11)15(18)19/h7-8H,2-6H2,1H3,(H,13,14)(H,16,17). The summed E-state index contributed by atoms with van der Waals surface area (Å²) in [7, 11) is 0. The first-order valence-electron chi connectivity index (χ1n) is 6.25. The smallest absolute Gasteiger partial charge is 0.339 e. The molecule has 2 N–H and O–H groups in total. The van der Waals surface area contributed by atoms with Crippen LogP contribution >= 0.6 is 0 Å². The largest absolute Gasteiger partial charge is 0.478 e. The number of aromatic nitrogens is 1. The minimum atomic E-state index is -1.27. The van der Waals surface area contributed by atoms with Gasteiger partial charge in [-0.25, -0.2) is 9.78 Å². The molecule has 0 bridgehead atoms. The van der Waals surface area contributed by atoms with E-state index in [2.05, 4.69) is 17.2 Å². The second kappa shape index (κ2) is 8.05. The average molecular weight is 283 g/mol. The van der Waals surface area contributed by atoms with Gasteiger partial charge in [0, 0.05) is 19.2 Å². The zero-order valence-electron chi connectivity index (χ0n) is 11.2. The molecule has 110 valence electrons. The third-order valence-corrected chi connectivity index (χ3v) is 2.50. The molecule has 8 heteroatoms. The predicted octanol–water partition coefficient (Wildman–Crippen LogP) is 1.92. The summed E-state index contributed by atoms with van der Waals surface area (Å²) in [5.74, 6) is -1.17. The Morgan fingerprint density at radius 1 is 1.55 bits per heavy atom. The van der Waals surface area contributed by atoms with Gasteiger partial charge in [-0.05, 0) is 6.42 Å². The van der Waals surface area contributed by atoms with Crippen molar-refractivity contribution in [2.75, 3.05) is 25.1 Å². The lowest BCUT2D eigenvalue weighted by atomic mass is 10.2. The topological polar surface area (TPSA) is 115 Å². The molecule has 0 unspecified atom stereocenters. The molecule has 0 saturated carbocycles. The Morgan fingerprint density at radius 2 is 2.30 bits per heavy atom. The van der Waals surface area contributed by atoms with E-state index in [1.54, 1.807) is 0 Å². The number of nitro groups is 1. The van der Waals surface area contributed by atoms with Crippen molar-refractivity contribution in [3.8, 4) is 0 Å². The maximum absolute atomic E-state index is 11.0. The zero-order valence-corrected chi connectivity index (χ0v) is 11.2. The molecule has 0 aliphatic carbocycles. The van der Waals surface area contributed by atoms with Crippen molar-refractivity contribution in [2.24, 2.45) is 0 Å². The molecular formula is C12H17N3O5. The molecule has 1 aromatic rings. The molecule has 0 radical (unpaired) electrons. The van der Waals surface area contributed by atoms with Crippen LogP contribution in [0.25, 0.3) is 0 Å². The third-order valence-electron chi connectivity index (χ3n) is 2.50. The molecule has 1 aromatic heterocycles. The molecule has 0 spiro atoms. The maximum atomic E-state index is 11.0. The number of carboxylic acid groups (broad SMARTS) is 1. The summed E-state index contributed by atoms with van der Waals surface area (Å²) in [5, 5.41) is 22.4. The lowest BCUT2D eigenvalue weighted by Gasteiger charge is -2.08. The first-order chi connectivity index (χ1) is 9.56. The van der Waals surface area contributed by atoms with Gasteiger partial charge in [0.2, 0.25) is 0 Å². The zero-order chi connectivity index (χ0) is 15.0. The quantitative estimate of drug-likeness (QED) is 0.404. The molecule has 0 saturated heterocycles. The number of nitrogens with one attached hydrogen (secondary N) is 1. The van der Waals surface area contributed by atoms with Gasteiger partial charge in [0.15, 0.2) is 0 Å². The van der Waals surface area contributed by atoms with Gasteiger partial charge in [-0.2, -0.15) is 0 Å². The number of ether oxygens (including phenoxy) is 1. The summed E-state index contributed by atoms with van der Waals surface area (Å²) in [5.41, 5.74) is -0.583. The van der Waals surface area contributed by atoms with Gasteiger partial charge in [0.25, 0.3) is 5.69 Å². The highest BCUT2D eigenvalue weighted by molar-refractivity contribution is 5.93. The predicted molar refractivity (Wildman–Crippen MR) is 72.1 cm³/mol. The van der Waals surface area contributed by atoms with E-state index in [1.807, 2.05) is 0 Å². The molecule has 1 heterocycles. The number of aromatic carboxylic acids is 1. The van der Waals surface area contributed by atoms with Crippen molar-refractivity contribution in [2.45, 2.75) is 19.8 Å². The summed E-state index contributed by atoms with van der Waals surface area (Å²) < 4.78 is 5.31. The molecule has 0 aliphatic heterocycles. The van der Waals surface area contributed by atoms with Gasteiger partial charge < -0.3 is 15.2 Å². The molecule has 0 fully saturated rings. The highest BCUT2D eigenvalue weighted by atomic mass is 16.6. The van der Waals surface area contributed by atoms with E-state index in [1.165, 1.54) is 0 Å². The molecule has 0 aliphatic rings. The summed E-state index contributed by atoms with van der Waals surface area (Å²) in [6, 6.07) is 0.982. The summed E-state index contributed by atoms with van der Waals surface area (Å²) in [4.78, 5) is 24.7. The summed E-state index contributed by atoms with van der Waals surface area (Å²) in [6.45, 7) is 3.51. The molecule has 1 rings (SSSR count). The fourth-order valence-corrected chi connectivity index (χ4v) is 1.45. The van der Waals surface area contributed by atoms with E-state index >= 15 is 0 Å². The number of carbonyl (C=O) groups is 1. The van der Waals surface area contributed by atoms with Crippen molar-refractivity contribution in [1.29, 1.82) is 0 Å². The van der Waals surface area contributed by atoms with Crippen molar-refractivity contribution < 1.29 is 19.6 Å². The van der Waals surface area contributed by atoms with Crippen LogP contribution in [0.1, 0.15) is 30.1 Å². The van der Waals surface area contributed by atoms with Crippen LogP contribution in [0.15, 0.2) is 12.3 Å². The number of unbranched alkanes of at least 4 members (excludes halogenated alkanes) is 1. The minimum absolute atomic E-state index is 0.0993. The number of anilines is 1. The Hall–Kier alpha value is -2.22. The summed E-state index contributed by atoms with van der Waals surface area (Å²) in [6.07, 6.45) is 3.03. The fraction of sp³-hybridized carbons (Fsp3) is 0.500. The van der Waals surface area contributed by atoms with Crippen molar-refractivity contribution >= 4 is 17.5 Å². The molecular weight excluding hydrogens is 266 g/mol. The lowest BCUT2D eigenvalue weighted by Crippen LogP contribution is -2.14. The number of hydrogen-bond donors (Lipinski definition) is 2. The highest BCUT2D eigenvalue weighted by Gasteiger charge is 2.17. The number of carboxylic acids is 1. The Kier molecular flexibility index (Phi) is 6.38. The number of hydrogen-bond acceptors (Lipinski definition) is 6.